The zero-order valence-electron chi connectivity index (χ0n) is 15.3. The Morgan fingerprint density at radius 2 is 1.67 bits per heavy atom. The van der Waals surface area contributed by atoms with E-state index < -0.39 is 0 Å². The van der Waals surface area contributed by atoms with Gasteiger partial charge in [0, 0.05) is 41.5 Å². The maximum absolute atomic E-state index is 6.39. The summed E-state index contributed by atoms with van der Waals surface area (Å²) in [5.41, 5.74) is 8.40. The Morgan fingerprint density at radius 1 is 0.926 bits per heavy atom. The molecule has 1 aliphatic heterocycles. The van der Waals surface area contributed by atoms with Crippen molar-refractivity contribution in [2.45, 2.75) is 33.2 Å². The highest BCUT2D eigenvalue weighted by molar-refractivity contribution is 6.32. The molecule has 0 N–H and O–H groups in total. The van der Waals surface area contributed by atoms with Crippen molar-refractivity contribution in [2.24, 2.45) is 0 Å². The molecule has 1 aliphatic rings. The summed E-state index contributed by atoms with van der Waals surface area (Å²) in [6.07, 6.45) is 5.62. The third-order valence-corrected chi connectivity index (χ3v) is 5.88. The van der Waals surface area contributed by atoms with E-state index in [2.05, 4.69) is 38.8 Å². The van der Waals surface area contributed by atoms with Crippen LogP contribution in [0.25, 0.3) is 33.5 Å². The smallest absolute Gasteiger partial charge is 0.109 e. The zero-order valence-corrected chi connectivity index (χ0v) is 16.1. The van der Waals surface area contributed by atoms with E-state index >= 15 is 0 Å². The molecule has 0 saturated heterocycles. The molecule has 27 heavy (non-hydrogen) atoms. The van der Waals surface area contributed by atoms with Gasteiger partial charge in [-0.2, -0.15) is 0 Å². The van der Waals surface area contributed by atoms with Gasteiger partial charge < -0.3 is 4.57 Å². The van der Waals surface area contributed by atoms with Crippen LogP contribution in [0.5, 0.6) is 0 Å². The van der Waals surface area contributed by atoms with E-state index in [0.717, 1.165) is 74.9 Å². The largest absolute Gasteiger partial charge is 0.327 e. The van der Waals surface area contributed by atoms with Gasteiger partial charge in [0.25, 0.3) is 0 Å². The summed E-state index contributed by atoms with van der Waals surface area (Å²) in [4.78, 5) is 13.9. The van der Waals surface area contributed by atoms with Crippen LogP contribution in [-0.2, 0) is 13.0 Å². The van der Waals surface area contributed by atoms with Crippen LogP contribution >= 0.6 is 11.6 Å². The SMILES string of the molecule is Cc1cc(-c2nc3n(c2-c2ccc4nccnc4c2)CCC3)cc(C)c1Cl. The van der Waals surface area contributed by atoms with Crippen molar-refractivity contribution >= 4 is 22.6 Å². The van der Waals surface area contributed by atoms with Crippen molar-refractivity contribution in [3.8, 4) is 22.5 Å². The molecule has 0 bridgehead atoms. The molecule has 3 heterocycles. The minimum atomic E-state index is 0.827. The van der Waals surface area contributed by atoms with Gasteiger partial charge in [0.2, 0.25) is 0 Å². The molecule has 5 heteroatoms. The number of aryl methyl sites for hydroxylation is 3. The summed E-state index contributed by atoms with van der Waals surface area (Å²) < 4.78 is 2.35. The van der Waals surface area contributed by atoms with Crippen LogP contribution < -0.4 is 0 Å². The highest BCUT2D eigenvalue weighted by Crippen LogP contribution is 2.38. The Labute approximate surface area is 162 Å². The molecule has 0 spiro atoms. The molecule has 0 aliphatic carbocycles. The number of rotatable bonds is 2. The van der Waals surface area contributed by atoms with Gasteiger partial charge in [-0.05, 0) is 55.7 Å². The maximum Gasteiger partial charge on any atom is 0.109 e. The van der Waals surface area contributed by atoms with Crippen LogP contribution in [-0.4, -0.2) is 19.5 Å². The molecule has 4 nitrogen and oxygen atoms in total. The number of imidazole rings is 1. The first-order valence-corrected chi connectivity index (χ1v) is 9.57. The van der Waals surface area contributed by atoms with Crippen molar-refractivity contribution in [1.82, 2.24) is 19.5 Å². The lowest BCUT2D eigenvalue weighted by atomic mass is 10.0. The minimum Gasteiger partial charge on any atom is -0.327 e. The van der Waals surface area contributed by atoms with Crippen LogP contribution in [0, 0.1) is 13.8 Å². The van der Waals surface area contributed by atoms with Crippen molar-refractivity contribution < 1.29 is 0 Å². The molecule has 4 aromatic rings. The van der Waals surface area contributed by atoms with Gasteiger partial charge >= 0.3 is 0 Å². The molecule has 0 atom stereocenters. The number of benzene rings is 2. The van der Waals surface area contributed by atoms with E-state index in [1.807, 2.05) is 19.9 Å². The molecular weight excluding hydrogens is 356 g/mol. The highest BCUT2D eigenvalue weighted by Gasteiger charge is 2.24. The van der Waals surface area contributed by atoms with Gasteiger partial charge in [-0.25, -0.2) is 4.98 Å². The van der Waals surface area contributed by atoms with Crippen molar-refractivity contribution in [2.75, 3.05) is 0 Å². The number of fused-ring (bicyclic) bond motifs is 2. The van der Waals surface area contributed by atoms with Gasteiger partial charge in [-0.15, -0.1) is 0 Å². The average molecular weight is 375 g/mol. The number of halogens is 1. The quantitative estimate of drug-likeness (QED) is 0.473. The monoisotopic (exact) mass is 374 g/mol. The average Bonchev–Trinajstić information content (AvgIpc) is 3.26. The molecule has 0 fully saturated rings. The fraction of sp³-hybridized carbons (Fsp3) is 0.227. The Morgan fingerprint density at radius 3 is 2.44 bits per heavy atom. The zero-order chi connectivity index (χ0) is 18.5. The molecule has 5 rings (SSSR count). The predicted octanol–water partition coefficient (Wildman–Crippen LogP) is 5.38. The van der Waals surface area contributed by atoms with Crippen molar-refractivity contribution in [3.05, 3.63) is 64.7 Å². The Hall–Kier alpha value is -2.72. The van der Waals surface area contributed by atoms with Gasteiger partial charge in [-0.3, -0.25) is 9.97 Å². The number of hydrogen-bond donors (Lipinski definition) is 0. The van der Waals surface area contributed by atoms with E-state index in [1.165, 1.54) is 0 Å². The summed E-state index contributed by atoms with van der Waals surface area (Å²) >= 11 is 6.39. The lowest BCUT2D eigenvalue weighted by Crippen LogP contribution is -1.97. The fourth-order valence-corrected chi connectivity index (χ4v) is 4.12. The van der Waals surface area contributed by atoms with Crippen molar-refractivity contribution in [3.63, 3.8) is 0 Å². The first kappa shape index (κ1) is 16.5. The summed E-state index contributed by atoms with van der Waals surface area (Å²) in [6, 6.07) is 10.5. The van der Waals surface area contributed by atoms with Gasteiger partial charge in [-0.1, -0.05) is 17.7 Å². The molecule has 0 radical (unpaired) electrons. The molecule has 0 amide bonds. The number of aromatic nitrogens is 4. The normalized spacial score (nSPS) is 13.3. The summed E-state index contributed by atoms with van der Waals surface area (Å²) in [7, 11) is 0. The second kappa shape index (κ2) is 6.17. The lowest BCUT2D eigenvalue weighted by molar-refractivity contribution is 0.756. The first-order valence-electron chi connectivity index (χ1n) is 9.19. The van der Waals surface area contributed by atoms with E-state index in [4.69, 9.17) is 16.6 Å². The van der Waals surface area contributed by atoms with E-state index in [0.29, 0.717) is 0 Å². The molecule has 0 saturated carbocycles. The van der Waals surface area contributed by atoms with E-state index in [-0.39, 0.29) is 0 Å². The summed E-state index contributed by atoms with van der Waals surface area (Å²) in [5.74, 6) is 1.16. The predicted molar refractivity (Wildman–Crippen MR) is 109 cm³/mol. The Kier molecular flexibility index (Phi) is 3.76. The first-order chi connectivity index (χ1) is 13.1. The second-order valence-electron chi connectivity index (χ2n) is 7.16. The van der Waals surface area contributed by atoms with Crippen LogP contribution in [0.1, 0.15) is 23.4 Å². The topological polar surface area (TPSA) is 43.6 Å². The Balaban J connectivity index is 1.76. The van der Waals surface area contributed by atoms with Crippen LogP contribution in [0.3, 0.4) is 0 Å². The Bertz CT molecular complexity index is 1170. The van der Waals surface area contributed by atoms with E-state index in [9.17, 15) is 0 Å². The van der Waals surface area contributed by atoms with Gasteiger partial charge in [0.15, 0.2) is 0 Å². The minimum absolute atomic E-state index is 0.827. The molecular formula is C22H19ClN4. The van der Waals surface area contributed by atoms with Crippen LogP contribution in [0.15, 0.2) is 42.7 Å². The second-order valence-corrected chi connectivity index (χ2v) is 7.54. The van der Waals surface area contributed by atoms with E-state index in [1.54, 1.807) is 12.4 Å². The molecule has 0 unspecified atom stereocenters. The van der Waals surface area contributed by atoms with Gasteiger partial charge in [0.1, 0.15) is 5.82 Å². The molecule has 2 aromatic carbocycles. The van der Waals surface area contributed by atoms with Crippen LogP contribution in [0.2, 0.25) is 5.02 Å². The summed E-state index contributed by atoms with van der Waals surface area (Å²) in [5, 5.41) is 0.827. The van der Waals surface area contributed by atoms with Crippen molar-refractivity contribution in [1.29, 1.82) is 0 Å². The third-order valence-electron chi connectivity index (χ3n) is 5.28. The standard InChI is InChI=1S/C22H19ClN4/c1-13-10-16(11-14(2)20(13)23)21-22(27-9-3-4-19(27)26-21)15-5-6-17-18(12-15)25-8-7-24-17/h5-8,10-12H,3-4,9H2,1-2H3. The molecule has 2 aromatic heterocycles. The van der Waals surface area contributed by atoms with Gasteiger partial charge in [0.05, 0.1) is 22.4 Å². The summed E-state index contributed by atoms with van der Waals surface area (Å²) in [6.45, 7) is 5.10. The van der Waals surface area contributed by atoms with Crippen LogP contribution in [0.4, 0.5) is 0 Å². The highest BCUT2D eigenvalue weighted by atomic mass is 35.5. The molecule has 134 valence electrons. The number of nitrogens with zero attached hydrogens (tertiary/aromatic N) is 4. The third kappa shape index (κ3) is 2.63. The number of hydrogen-bond acceptors (Lipinski definition) is 3. The fourth-order valence-electron chi connectivity index (χ4n) is 4.01. The maximum atomic E-state index is 6.39. The lowest BCUT2D eigenvalue weighted by Gasteiger charge is -2.11.